The molecule has 1 aliphatic rings. The molecule has 2 bridgehead atoms. The fourth-order valence-corrected chi connectivity index (χ4v) is 7.56. The molecule has 1 aliphatic heterocycles. The fourth-order valence-electron chi connectivity index (χ4n) is 5.64. The second-order valence-corrected chi connectivity index (χ2v) is 16.4. The van der Waals surface area contributed by atoms with E-state index in [1.807, 2.05) is 20.8 Å². The molecule has 0 atom stereocenters. The Balaban J connectivity index is 1.90. The number of nitrogens with one attached hydrogen (secondary N) is 2. The molecule has 14 heteroatoms. The van der Waals surface area contributed by atoms with Crippen LogP contribution in [0.4, 0.5) is 15.8 Å². The van der Waals surface area contributed by atoms with Crippen molar-refractivity contribution in [2.24, 2.45) is 0 Å². The number of anilines is 2. The van der Waals surface area contributed by atoms with Crippen LogP contribution in [0.15, 0.2) is 59.0 Å². The van der Waals surface area contributed by atoms with E-state index in [0.29, 0.717) is 34.9 Å². The highest BCUT2D eigenvalue weighted by atomic mass is 32.2. The molecule has 0 unspecified atom stereocenters. The zero-order valence-electron chi connectivity index (χ0n) is 27.0. The van der Waals surface area contributed by atoms with Crippen LogP contribution in [0.3, 0.4) is 0 Å². The predicted octanol–water partition coefficient (Wildman–Crippen LogP) is 5.12. The number of rotatable bonds is 5. The summed E-state index contributed by atoms with van der Waals surface area (Å²) in [6.45, 7) is 5.52. The Morgan fingerprint density at radius 1 is 0.830 bits per heavy atom. The molecule has 2 N–H and O–H groups in total. The van der Waals surface area contributed by atoms with Crippen molar-refractivity contribution in [2.45, 2.75) is 39.2 Å². The van der Waals surface area contributed by atoms with Crippen molar-refractivity contribution in [3.63, 3.8) is 0 Å². The van der Waals surface area contributed by atoms with E-state index in [2.05, 4.69) is 10.6 Å². The van der Waals surface area contributed by atoms with E-state index in [-0.39, 0.29) is 46.9 Å². The summed E-state index contributed by atoms with van der Waals surface area (Å²) in [7, 11) is -6.25. The molecule has 2 heterocycles. The van der Waals surface area contributed by atoms with Crippen LogP contribution in [0.25, 0.3) is 33.4 Å². The van der Waals surface area contributed by atoms with Gasteiger partial charge in [0.2, 0.25) is 20.0 Å². The third kappa shape index (κ3) is 7.13. The number of fused-ring (bicyclic) bond motifs is 5. The monoisotopic (exact) mass is 684 g/mol. The average Bonchev–Trinajstić information content (AvgIpc) is 3.33. The molecule has 5 rings (SSSR count). The molecule has 3 aromatic carbocycles. The third-order valence-electron chi connectivity index (χ3n) is 7.68. The van der Waals surface area contributed by atoms with Gasteiger partial charge in [0.05, 0.1) is 29.4 Å². The van der Waals surface area contributed by atoms with Gasteiger partial charge in [0.25, 0.3) is 11.8 Å². The van der Waals surface area contributed by atoms with Gasteiger partial charge in [-0.3, -0.25) is 18.2 Å². The van der Waals surface area contributed by atoms with Gasteiger partial charge in [-0.2, -0.15) is 0 Å². The van der Waals surface area contributed by atoms with Crippen molar-refractivity contribution in [1.82, 2.24) is 10.6 Å². The van der Waals surface area contributed by atoms with Crippen molar-refractivity contribution in [3.05, 3.63) is 71.5 Å². The zero-order chi connectivity index (χ0) is 34.5. The summed E-state index contributed by atoms with van der Waals surface area (Å²) in [5.74, 6) is -1.28. The van der Waals surface area contributed by atoms with Gasteiger partial charge in [-0.25, -0.2) is 21.2 Å². The van der Waals surface area contributed by atoms with Gasteiger partial charge in [-0.05, 0) is 87.7 Å². The Bertz CT molecular complexity index is 2100. The lowest BCUT2D eigenvalue weighted by Crippen LogP contribution is -2.40. The van der Waals surface area contributed by atoms with Gasteiger partial charge in [0.15, 0.2) is 0 Å². The Hall–Kier alpha value is -4.43. The summed E-state index contributed by atoms with van der Waals surface area (Å²) in [6.07, 6.45) is 2.78. The number of carbonyl (C=O) groups excluding carboxylic acids is 2. The minimum atomic E-state index is -3.89. The van der Waals surface area contributed by atoms with Crippen LogP contribution in [0, 0.1) is 5.82 Å². The Morgan fingerprint density at radius 3 is 2.02 bits per heavy atom. The lowest BCUT2D eigenvalue weighted by molar-refractivity contribution is 0.0918. The van der Waals surface area contributed by atoms with Crippen LogP contribution >= 0.6 is 0 Å². The first-order valence-corrected chi connectivity index (χ1v) is 18.6. The molecule has 0 aliphatic carbocycles. The zero-order valence-corrected chi connectivity index (χ0v) is 28.6. The Labute approximate surface area is 273 Å². The molecule has 11 nitrogen and oxygen atoms in total. The summed E-state index contributed by atoms with van der Waals surface area (Å²) < 4.78 is 75.2. The van der Waals surface area contributed by atoms with Crippen molar-refractivity contribution >= 4 is 54.2 Å². The number of sulfonamides is 2. The molecule has 250 valence electrons. The second-order valence-electron chi connectivity index (χ2n) is 12.6. The molecule has 0 saturated heterocycles. The number of furan rings is 1. The SMILES string of the molecule is CNC(=O)c1c(-c2ccc(F)cc2)oc2cc3c(cc12)-c1cc(C(=O)NC(C)(C)C)cc(c1)N(S(C)(=O)=O)CCCCN3S(C)(=O)=O. The summed E-state index contributed by atoms with van der Waals surface area (Å²) in [5.41, 5.74) is 1.41. The van der Waals surface area contributed by atoms with Gasteiger partial charge in [0.1, 0.15) is 17.2 Å². The lowest BCUT2D eigenvalue weighted by Gasteiger charge is -2.25. The maximum atomic E-state index is 13.8. The highest BCUT2D eigenvalue weighted by Gasteiger charge is 2.30. The maximum absolute atomic E-state index is 13.8. The molecule has 1 aromatic heterocycles. The largest absolute Gasteiger partial charge is 0.455 e. The molecule has 2 amide bonds. The smallest absolute Gasteiger partial charge is 0.255 e. The normalized spacial score (nSPS) is 14.4. The van der Waals surface area contributed by atoms with Crippen LogP contribution in [0.1, 0.15) is 54.3 Å². The Morgan fingerprint density at radius 2 is 1.45 bits per heavy atom. The highest BCUT2D eigenvalue weighted by molar-refractivity contribution is 7.92. The second kappa shape index (κ2) is 12.3. The number of benzene rings is 3. The van der Waals surface area contributed by atoms with Crippen molar-refractivity contribution < 1.29 is 35.2 Å². The average molecular weight is 685 g/mol. The molecular weight excluding hydrogens is 648 g/mol. The van der Waals surface area contributed by atoms with Crippen LogP contribution in [0.5, 0.6) is 0 Å². The third-order valence-corrected chi connectivity index (χ3v) is 10.1. The summed E-state index contributed by atoms with van der Waals surface area (Å²) >= 11 is 0. The van der Waals surface area contributed by atoms with E-state index in [9.17, 15) is 30.8 Å². The van der Waals surface area contributed by atoms with E-state index >= 15 is 0 Å². The van der Waals surface area contributed by atoms with Crippen molar-refractivity contribution in [3.8, 4) is 22.5 Å². The molecule has 4 aromatic rings. The quantitative estimate of drug-likeness (QED) is 0.297. The molecule has 47 heavy (non-hydrogen) atoms. The number of halogens is 1. The maximum Gasteiger partial charge on any atom is 0.255 e. The van der Waals surface area contributed by atoms with Gasteiger partial charge in [-0.1, -0.05) is 0 Å². The summed E-state index contributed by atoms with van der Waals surface area (Å²) in [6, 6.07) is 13.2. The van der Waals surface area contributed by atoms with E-state index < -0.39 is 43.2 Å². The van der Waals surface area contributed by atoms with E-state index in [1.54, 1.807) is 18.2 Å². The first-order chi connectivity index (χ1) is 21.9. The fraction of sp³-hybridized carbons (Fsp3) is 0.333. The standard InChI is InChI=1S/C33H37FN4O7S2/c1-33(2,3)36-31(39)22-15-21-16-24(17-22)37(46(5,41)42)13-7-8-14-38(47(6,43)44)27-19-28-26(18-25(21)27)29(32(40)35-4)30(45-28)20-9-11-23(34)12-10-20/h9-12,15-19H,7-8,13-14H2,1-6H3,(H,35,40)(H,36,39). The minimum absolute atomic E-state index is 0.0240. The first kappa shape index (κ1) is 33.9. The van der Waals surface area contributed by atoms with Gasteiger partial charge >= 0.3 is 0 Å². The summed E-state index contributed by atoms with van der Waals surface area (Å²) in [5, 5.41) is 5.85. The molecule has 0 radical (unpaired) electrons. The molecule has 0 spiro atoms. The number of hydrogen-bond donors (Lipinski definition) is 2. The molecule has 0 fully saturated rings. The molecule has 0 saturated carbocycles. The van der Waals surface area contributed by atoms with Crippen molar-refractivity contribution in [2.75, 3.05) is 41.3 Å². The van der Waals surface area contributed by atoms with Gasteiger partial charge in [0, 0.05) is 53.8 Å². The number of amides is 2. The lowest BCUT2D eigenvalue weighted by atomic mass is 9.96. The van der Waals surface area contributed by atoms with Crippen LogP contribution < -0.4 is 19.2 Å². The van der Waals surface area contributed by atoms with Crippen LogP contribution in [-0.2, 0) is 20.0 Å². The summed E-state index contributed by atoms with van der Waals surface area (Å²) in [4.78, 5) is 26.9. The highest BCUT2D eigenvalue weighted by Crippen LogP contribution is 2.43. The number of hydrogen-bond acceptors (Lipinski definition) is 7. The van der Waals surface area contributed by atoms with E-state index in [1.165, 1.54) is 52.1 Å². The first-order valence-electron chi connectivity index (χ1n) is 14.9. The van der Waals surface area contributed by atoms with Gasteiger partial charge in [-0.15, -0.1) is 0 Å². The topological polar surface area (TPSA) is 146 Å². The Kier molecular flexibility index (Phi) is 8.88. The van der Waals surface area contributed by atoms with Crippen LogP contribution in [0.2, 0.25) is 0 Å². The van der Waals surface area contributed by atoms with Crippen molar-refractivity contribution in [1.29, 1.82) is 0 Å². The van der Waals surface area contributed by atoms with Crippen LogP contribution in [-0.4, -0.2) is 66.8 Å². The predicted molar refractivity (Wildman–Crippen MR) is 181 cm³/mol. The van der Waals surface area contributed by atoms with Gasteiger partial charge < -0.3 is 15.1 Å². The molecular formula is C33H37FN4O7S2. The number of nitrogens with zero attached hydrogens (tertiary/aromatic N) is 2. The van der Waals surface area contributed by atoms with E-state index in [0.717, 1.165) is 12.5 Å². The number of carbonyl (C=O) groups is 2. The van der Waals surface area contributed by atoms with E-state index in [4.69, 9.17) is 4.42 Å². The minimum Gasteiger partial charge on any atom is -0.455 e.